The van der Waals surface area contributed by atoms with Crippen molar-refractivity contribution in [1.82, 2.24) is 29.7 Å². The van der Waals surface area contributed by atoms with Crippen molar-refractivity contribution >= 4 is 27.5 Å². The largest absolute Gasteiger partial charge is 0.481 e. The molecule has 3 aliphatic rings. The smallest absolute Gasteiger partial charge is 0.236 e. The minimum absolute atomic E-state index is 0.270. The van der Waals surface area contributed by atoms with Crippen LogP contribution in [0.15, 0.2) is 24.5 Å². The molecule has 2 aliphatic heterocycles. The summed E-state index contributed by atoms with van der Waals surface area (Å²) in [6.07, 6.45) is 8.66. The molecular formula is C25H30N6O2S. The van der Waals surface area contributed by atoms with E-state index in [0.717, 1.165) is 67.5 Å². The summed E-state index contributed by atoms with van der Waals surface area (Å²) in [4.78, 5) is 35.9. The fourth-order valence-corrected chi connectivity index (χ4v) is 6.45. The number of rotatable bonds is 5. The van der Waals surface area contributed by atoms with Gasteiger partial charge in [0.2, 0.25) is 11.8 Å². The Morgan fingerprint density at radius 1 is 1.12 bits per heavy atom. The second-order valence-corrected chi connectivity index (χ2v) is 10.6. The quantitative estimate of drug-likeness (QED) is 0.558. The number of carbonyl (C=O) groups excluding carboxylic acids is 1. The third-order valence-corrected chi connectivity index (χ3v) is 8.63. The number of amides is 1. The van der Waals surface area contributed by atoms with E-state index in [2.05, 4.69) is 24.7 Å². The van der Waals surface area contributed by atoms with Gasteiger partial charge >= 0.3 is 0 Å². The summed E-state index contributed by atoms with van der Waals surface area (Å²) < 4.78 is 5.14. The average Bonchev–Trinajstić information content (AvgIpc) is 3.20. The molecule has 9 heteroatoms. The molecular weight excluding hydrogens is 448 g/mol. The van der Waals surface area contributed by atoms with Crippen molar-refractivity contribution in [3.05, 3.63) is 35.0 Å². The Labute approximate surface area is 203 Å². The van der Waals surface area contributed by atoms with Crippen LogP contribution in [0.5, 0.6) is 5.88 Å². The van der Waals surface area contributed by atoms with Crippen LogP contribution in [0.2, 0.25) is 0 Å². The summed E-state index contributed by atoms with van der Waals surface area (Å²) in [5, 5.41) is 1.14. The van der Waals surface area contributed by atoms with E-state index in [9.17, 15) is 4.79 Å². The third kappa shape index (κ3) is 4.16. The Morgan fingerprint density at radius 2 is 1.97 bits per heavy atom. The first kappa shape index (κ1) is 21.9. The fourth-order valence-electron chi connectivity index (χ4n) is 5.22. The van der Waals surface area contributed by atoms with Crippen molar-refractivity contribution in [3.63, 3.8) is 0 Å². The van der Waals surface area contributed by atoms with E-state index in [1.54, 1.807) is 24.6 Å². The van der Waals surface area contributed by atoms with Gasteiger partial charge in [0.25, 0.3) is 0 Å². The fraction of sp³-hybridized carbons (Fsp3) is 0.520. The van der Waals surface area contributed by atoms with Crippen molar-refractivity contribution in [3.8, 4) is 17.3 Å². The molecule has 1 aliphatic carbocycles. The molecule has 178 valence electrons. The normalized spacial score (nSPS) is 19.7. The summed E-state index contributed by atoms with van der Waals surface area (Å²) in [5.41, 5.74) is 2.22. The van der Waals surface area contributed by atoms with Crippen molar-refractivity contribution < 1.29 is 9.53 Å². The number of methoxy groups -OCH3 is 1. The van der Waals surface area contributed by atoms with Crippen LogP contribution in [0.1, 0.15) is 29.7 Å². The van der Waals surface area contributed by atoms with E-state index in [1.807, 2.05) is 18.3 Å². The maximum Gasteiger partial charge on any atom is 0.236 e. The molecule has 1 saturated carbocycles. The number of carbonyl (C=O) groups is 1. The van der Waals surface area contributed by atoms with Gasteiger partial charge in [-0.25, -0.2) is 15.0 Å². The lowest BCUT2D eigenvalue weighted by atomic mass is 9.91. The molecule has 1 saturated heterocycles. The predicted octanol–water partition coefficient (Wildman–Crippen LogP) is 2.82. The Kier molecular flexibility index (Phi) is 5.92. The lowest BCUT2D eigenvalue weighted by Crippen LogP contribution is -2.55. The first-order chi connectivity index (χ1) is 16.7. The lowest BCUT2D eigenvalue weighted by Gasteiger charge is -2.43. The minimum Gasteiger partial charge on any atom is -0.481 e. The Hall–Kier alpha value is -2.62. The molecule has 3 aromatic heterocycles. The summed E-state index contributed by atoms with van der Waals surface area (Å²) in [6, 6.07) is 4.53. The van der Waals surface area contributed by atoms with Crippen molar-refractivity contribution in [2.75, 3.05) is 46.4 Å². The number of fused-ring (bicyclic) bond motifs is 3. The second kappa shape index (κ2) is 9.20. The van der Waals surface area contributed by atoms with Crippen LogP contribution in [-0.2, 0) is 17.8 Å². The molecule has 0 radical (unpaired) electrons. The van der Waals surface area contributed by atoms with Crippen LogP contribution < -0.4 is 4.74 Å². The number of thiophene rings is 1. The molecule has 3 aromatic rings. The topological polar surface area (TPSA) is 74.7 Å². The van der Waals surface area contributed by atoms with Crippen molar-refractivity contribution in [2.24, 2.45) is 0 Å². The van der Waals surface area contributed by atoms with Crippen LogP contribution >= 0.6 is 11.3 Å². The van der Waals surface area contributed by atoms with E-state index in [0.29, 0.717) is 18.2 Å². The summed E-state index contributed by atoms with van der Waals surface area (Å²) >= 11 is 1.73. The summed E-state index contributed by atoms with van der Waals surface area (Å²) in [7, 11) is 1.60. The van der Waals surface area contributed by atoms with E-state index in [4.69, 9.17) is 9.72 Å². The van der Waals surface area contributed by atoms with Gasteiger partial charge in [0, 0.05) is 79.6 Å². The van der Waals surface area contributed by atoms with Crippen molar-refractivity contribution in [2.45, 2.75) is 38.3 Å². The molecule has 1 amide bonds. The highest BCUT2D eigenvalue weighted by Gasteiger charge is 2.30. The molecule has 2 fully saturated rings. The van der Waals surface area contributed by atoms with Gasteiger partial charge < -0.3 is 9.64 Å². The van der Waals surface area contributed by atoms with Gasteiger partial charge in [-0.2, -0.15) is 0 Å². The zero-order valence-electron chi connectivity index (χ0n) is 19.6. The van der Waals surface area contributed by atoms with Crippen LogP contribution in [-0.4, -0.2) is 88.0 Å². The number of hydrogen-bond acceptors (Lipinski definition) is 8. The number of pyridine rings is 1. The van der Waals surface area contributed by atoms with Gasteiger partial charge in [-0.15, -0.1) is 11.3 Å². The maximum absolute atomic E-state index is 13.0. The highest BCUT2D eigenvalue weighted by molar-refractivity contribution is 7.18. The van der Waals surface area contributed by atoms with Gasteiger partial charge in [0.05, 0.1) is 13.7 Å². The van der Waals surface area contributed by atoms with E-state index < -0.39 is 0 Å². The van der Waals surface area contributed by atoms with Gasteiger partial charge in [-0.05, 0) is 30.9 Å². The van der Waals surface area contributed by atoms with E-state index >= 15 is 0 Å². The summed E-state index contributed by atoms with van der Waals surface area (Å²) in [6.45, 7) is 6.01. The van der Waals surface area contributed by atoms with Gasteiger partial charge in [0.1, 0.15) is 4.83 Å². The van der Waals surface area contributed by atoms with E-state index in [-0.39, 0.29) is 5.91 Å². The highest BCUT2D eigenvalue weighted by atomic mass is 32.1. The third-order valence-electron chi connectivity index (χ3n) is 7.50. The van der Waals surface area contributed by atoms with Crippen molar-refractivity contribution in [1.29, 1.82) is 0 Å². The van der Waals surface area contributed by atoms with Crippen LogP contribution in [0.4, 0.5) is 0 Å². The number of aromatic nitrogens is 3. The van der Waals surface area contributed by atoms with Gasteiger partial charge in [0.15, 0.2) is 5.82 Å². The molecule has 0 unspecified atom stereocenters. The Morgan fingerprint density at radius 3 is 2.68 bits per heavy atom. The monoisotopic (exact) mass is 478 g/mol. The summed E-state index contributed by atoms with van der Waals surface area (Å²) in [5.74, 6) is 1.52. The van der Waals surface area contributed by atoms with Crippen LogP contribution in [0, 0.1) is 0 Å². The van der Waals surface area contributed by atoms with E-state index in [1.165, 1.54) is 29.7 Å². The lowest BCUT2D eigenvalue weighted by molar-refractivity contribution is -0.135. The molecule has 6 rings (SSSR count). The molecule has 0 aromatic carbocycles. The highest BCUT2D eigenvalue weighted by Crippen LogP contribution is 2.35. The zero-order valence-corrected chi connectivity index (χ0v) is 20.4. The number of nitrogens with zero attached hydrogens (tertiary/aromatic N) is 6. The zero-order chi connectivity index (χ0) is 23.1. The molecule has 5 heterocycles. The number of piperazine rings is 1. The SMILES string of the molecule is COc1ccc(-c2ncc3c4c(sc3n2)CN(CC(=O)N2CCN(C3CCC3)CC2)CC4)cn1. The number of hydrogen-bond donors (Lipinski definition) is 0. The first-order valence-corrected chi connectivity index (χ1v) is 13.0. The Balaban J connectivity index is 1.11. The maximum atomic E-state index is 13.0. The molecule has 34 heavy (non-hydrogen) atoms. The standard InChI is InChI=1S/C25H30N6O2S/c1-33-22-6-5-17(13-26-22)24-27-14-20-19-7-8-29(15-21(19)34-25(20)28-24)16-23(32)31-11-9-30(10-12-31)18-3-2-4-18/h5-6,13-14,18H,2-4,7-12,15-16H2,1H3. The Bertz CT molecular complexity index is 1180. The molecule has 0 N–H and O–H groups in total. The molecule has 8 nitrogen and oxygen atoms in total. The molecule has 0 spiro atoms. The number of ether oxygens (including phenoxy) is 1. The average molecular weight is 479 g/mol. The van der Waals surface area contributed by atoms with Crippen LogP contribution in [0.25, 0.3) is 21.6 Å². The van der Waals surface area contributed by atoms with Gasteiger partial charge in [-0.1, -0.05) is 6.42 Å². The predicted molar refractivity (Wildman–Crippen MR) is 132 cm³/mol. The minimum atomic E-state index is 0.270. The van der Waals surface area contributed by atoms with Gasteiger partial charge in [-0.3, -0.25) is 14.6 Å². The second-order valence-electron chi connectivity index (χ2n) is 9.47. The first-order valence-electron chi connectivity index (χ1n) is 12.2. The molecule has 0 atom stereocenters. The molecule has 0 bridgehead atoms. The van der Waals surface area contributed by atoms with Crippen LogP contribution in [0.3, 0.4) is 0 Å².